The second-order valence-electron chi connectivity index (χ2n) is 6.00. The molecule has 1 aliphatic rings. The highest BCUT2D eigenvalue weighted by Gasteiger charge is 2.28. The SMILES string of the molecule is CCc1ccc(C(CN)N2CC(C)Cc3ccccc32)s1. The van der Waals surface area contributed by atoms with Crippen LogP contribution in [0.3, 0.4) is 0 Å². The van der Waals surface area contributed by atoms with E-state index >= 15 is 0 Å². The zero-order valence-corrected chi connectivity index (χ0v) is 13.7. The van der Waals surface area contributed by atoms with Crippen molar-refractivity contribution in [1.29, 1.82) is 0 Å². The van der Waals surface area contributed by atoms with Crippen LogP contribution in [0.5, 0.6) is 0 Å². The Morgan fingerprint density at radius 3 is 2.81 bits per heavy atom. The molecule has 2 aromatic rings. The van der Waals surface area contributed by atoms with Gasteiger partial charge in [-0.1, -0.05) is 32.0 Å². The second-order valence-corrected chi connectivity index (χ2v) is 7.20. The average molecular weight is 300 g/mol. The Hall–Kier alpha value is -1.32. The van der Waals surface area contributed by atoms with E-state index in [1.165, 1.54) is 27.4 Å². The van der Waals surface area contributed by atoms with Crippen molar-refractivity contribution in [2.45, 2.75) is 32.7 Å². The van der Waals surface area contributed by atoms with E-state index in [9.17, 15) is 0 Å². The van der Waals surface area contributed by atoms with Crippen molar-refractivity contribution in [2.24, 2.45) is 11.7 Å². The normalized spacial score (nSPS) is 19.4. The standard InChI is InChI=1S/C18H24N2S/c1-3-15-8-9-18(21-15)17(11-19)20-12-13(2)10-14-6-4-5-7-16(14)20/h4-9,13,17H,3,10-12,19H2,1-2H3. The highest BCUT2D eigenvalue weighted by Crippen LogP contribution is 2.37. The Morgan fingerprint density at radius 1 is 1.29 bits per heavy atom. The van der Waals surface area contributed by atoms with Crippen molar-refractivity contribution >= 4 is 17.0 Å². The van der Waals surface area contributed by atoms with Gasteiger partial charge in [0.1, 0.15) is 0 Å². The molecule has 112 valence electrons. The van der Waals surface area contributed by atoms with E-state index < -0.39 is 0 Å². The molecule has 2 nitrogen and oxygen atoms in total. The van der Waals surface area contributed by atoms with Crippen LogP contribution in [0, 0.1) is 5.92 Å². The number of thiophene rings is 1. The lowest BCUT2D eigenvalue weighted by molar-refractivity contribution is 0.493. The van der Waals surface area contributed by atoms with Crippen molar-refractivity contribution in [2.75, 3.05) is 18.0 Å². The topological polar surface area (TPSA) is 29.3 Å². The lowest BCUT2D eigenvalue weighted by Gasteiger charge is -2.39. The molecule has 1 aromatic carbocycles. The van der Waals surface area contributed by atoms with Crippen molar-refractivity contribution in [3.8, 4) is 0 Å². The zero-order valence-electron chi connectivity index (χ0n) is 12.9. The maximum absolute atomic E-state index is 6.15. The number of nitrogens with zero attached hydrogens (tertiary/aromatic N) is 1. The van der Waals surface area contributed by atoms with Crippen molar-refractivity contribution in [3.05, 3.63) is 51.7 Å². The first-order chi connectivity index (χ1) is 10.2. The van der Waals surface area contributed by atoms with Crippen LogP contribution in [0.4, 0.5) is 5.69 Å². The number of hydrogen-bond acceptors (Lipinski definition) is 3. The van der Waals surface area contributed by atoms with Crippen LogP contribution in [-0.2, 0) is 12.8 Å². The van der Waals surface area contributed by atoms with Gasteiger partial charge < -0.3 is 10.6 Å². The van der Waals surface area contributed by atoms with Gasteiger partial charge in [-0.3, -0.25) is 0 Å². The molecule has 0 aliphatic carbocycles. The third-order valence-corrected chi connectivity index (χ3v) is 5.67. The minimum absolute atomic E-state index is 0.305. The van der Waals surface area contributed by atoms with E-state index in [-0.39, 0.29) is 0 Å². The fraction of sp³-hybridized carbons (Fsp3) is 0.444. The molecule has 3 rings (SSSR count). The fourth-order valence-electron chi connectivity index (χ4n) is 3.29. The summed E-state index contributed by atoms with van der Waals surface area (Å²) in [4.78, 5) is 5.37. The van der Waals surface area contributed by atoms with E-state index in [4.69, 9.17) is 5.73 Å². The van der Waals surface area contributed by atoms with Gasteiger partial charge in [0.15, 0.2) is 0 Å². The predicted octanol–water partition coefficient (Wildman–Crippen LogP) is 4.01. The number of fused-ring (bicyclic) bond motifs is 1. The summed E-state index contributed by atoms with van der Waals surface area (Å²) in [6, 6.07) is 13.6. The number of aryl methyl sites for hydroxylation is 1. The molecule has 3 heteroatoms. The van der Waals surface area contributed by atoms with Crippen LogP contribution in [0.2, 0.25) is 0 Å². The summed E-state index contributed by atoms with van der Waals surface area (Å²) in [6.07, 6.45) is 2.28. The van der Waals surface area contributed by atoms with Crippen LogP contribution in [-0.4, -0.2) is 13.1 Å². The maximum atomic E-state index is 6.15. The quantitative estimate of drug-likeness (QED) is 0.924. The van der Waals surface area contributed by atoms with Gasteiger partial charge in [0.2, 0.25) is 0 Å². The van der Waals surface area contributed by atoms with Gasteiger partial charge in [-0.15, -0.1) is 11.3 Å². The third-order valence-electron chi connectivity index (χ3n) is 4.34. The van der Waals surface area contributed by atoms with Crippen LogP contribution >= 0.6 is 11.3 Å². The smallest absolute Gasteiger partial charge is 0.0757 e. The Balaban J connectivity index is 1.97. The highest BCUT2D eigenvalue weighted by molar-refractivity contribution is 7.12. The Bertz CT molecular complexity index is 605. The molecule has 0 saturated heterocycles. The molecule has 2 atom stereocenters. The predicted molar refractivity (Wildman–Crippen MR) is 92.1 cm³/mol. The summed E-state index contributed by atoms with van der Waals surface area (Å²) in [6.45, 7) is 6.32. The number of hydrogen-bond donors (Lipinski definition) is 1. The molecule has 0 amide bonds. The van der Waals surface area contributed by atoms with Crippen LogP contribution in [0.25, 0.3) is 0 Å². The van der Waals surface area contributed by atoms with Crippen LogP contribution < -0.4 is 10.6 Å². The van der Waals surface area contributed by atoms with Gasteiger partial charge in [-0.25, -0.2) is 0 Å². The molecule has 2 N–H and O–H groups in total. The first-order valence-corrected chi connectivity index (χ1v) is 8.67. The molecular weight excluding hydrogens is 276 g/mol. The Labute approximate surface area is 131 Å². The molecule has 1 aromatic heterocycles. The summed E-state index contributed by atoms with van der Waals surface area (Å²) in [5, 5.41) is 0. The van der Waals surface area contributed by atoms with Crippen LogP contribution in [0.1, 0.15) is 35.2 Å². The molecule has 0 bridgehead atoms. The Kier molecular flexibility index (Phi) is 4.32. The first-order valence-electron chi connectivity index (χ1n) is 7.86. The van der Waals surface area contributed by atoms with Crippen LogP contribution in [0.15, 0.2) is 36.4 Å². The lowest BCUT2D eigenvalue weighted by atomic mass is 9.92. The number of rotatable bonds is 4. The lowest BCUT2D eigenvalue weighted by Crippen LogP contribution is -2.40. The molecule has 2 unspecified atom stereocenters. The molecular formula is C18H24N2S. The largest absolute Gasteiger partial charge is 0.362 e. The number of benzene rings is 1. The number of anilines is 1. The molecule has 2 heterocycles. The fourth-order valence-corrected chi connectivity index (χ4v) is 4.37. The molecule has 1 aliphatic heterocycles. The molecule has 0 radical (unpaired) electrons. The minimum atomic E-state index is 0.305. The summed E-state index contributed by atoms with van der Waals surface area (Å²) in [7, 11) is 0. The highest BCUT2D eigenvalue weighted by atomic mass is 32.1. The van der Waals surface area contributed by atoms with Gasteiger partial charge in [-0.05, 0) is 42.5 Å². The molecule has 0 saturated carbocycles. The zero-order chi connectivity index (χ0) is 14.8. The van der Waals surface area contributed by atoms with Gasteiger partial charge in [0.25, 0.3) is 0 Å². The van der Waals surface area contributed by atoms with Crippen molar-refractivity contribution in [1.82, 2.24) is 0 Å². The summed E-state index contributed by atoms with van der Waals surface area (Å²) < 4.78 is 0. The first kappa shape index (κ1) is 14.6. The Morgan fingerprint density at radius 2 is 2.10 bits per heavy atom. The van der Waals surface area contributed by atoms with Gasteiger partial charge >= 0.3 is 0 Å². The molecule has 0 spiro atoms. The van der Waals surface area contributed by atoms with E-state index in [2.05, 4.69) is 55.1 Å². The number of para-hydroxylation sites is 1. The van der Waals surface area contributed by atoms with Gasteiger partial charge in [0, 0.05) is 28.5 Å². The second kappa shape index (κ2) is 6.20. The van der Waals surface area contributed by atoms with Gasteiger partial charge in [-0.2, -0.15) is 0 Å². The van der Waals surface area contributed by atoms with E-state index in [1.54, 1.807) is 0 Å². The van der Waals surface area contributed by atoms with E-state index in [0.29, 0.717) is 18.5 Å². The maximum Gasteiger partial charge on any atom is 0.0757 e. The van der Waals surface area contributed by atoms with Gasteiger partial charge in [0.05, 0.1) is 6.04 Å². The number of nitrogens with two attached hydrogens (primary N) is 1. The molecule has 0 fully saturated rings. The summed E-state index contributed by atoms with van der Waals surface area (Å²) in [5.74, 6) is 0.680. The summed E-state index contributed by atoms with van der Waals surface area (Å²) in [5.41, 5.74) is 8.99. The van der Waals surface area contributed by atoms with E-state index in [1.807, 2.05) is 11.3 Å². The van der Waals surface area contributed by atoms with Crippen molar-refractivity contribution < 1.29 is 0 Å². The van der Waals surface area contributed by atoms with Crippen molar-refractivity contribution in [3.63, 3.8) is 0 Å². The average Bonchev–Trinajstić information content (AvgIpc) is 2.96. The summed E-state index contributed by atoms with van der Waals surface area (Å²) >= 11 is 1.91. The molecule has 21 heavy (non-hydrogen) atoms. The van der Waals surface area contributed by atoms with E-state index in [0.717, 1.165) is 13.0 Å². The monoisotopic (exact) mass is 300 g/mol. The third kappa shape index (κ3) is 2.85. The minimum Gasteiger partial charge on any atom is -0.362 e.